The summed E-state index contributed by atoms with van der Waals surface area (Å²) in [6.45, 7) is 7.25. The smallest absolute Gasteiger partial charge is 0.329 e. The van der Waals surface area contributed by atoms with Gasteiger partial charge in [-0.2, -0.15) is 0 Å². The maximum Gasteiger partial charge on any atom is 0.329 e. The highest BCUT2D eigenvalue weighted by Crippen LogP contribution is 2.14. The van der Waals surface area contributed by atoms with Gasteiger partial charge in [-0.05, 0) is 32.1 Å². The summed E-state index contributed by atoms with van der Waals surface area (Å²) in [5.74, 6) is -0.395. The van der Waals surface area contributed by atoms with Gasteiger partial charge in [0.05, 0.1) is 6.10 Å². The summed E-state index contributed by atoms with van der Waals surface area (Å²) < 4.78 is 5.25. The number of carbonyl (C=O) groups excluding carboxylic acids is 1. The number of carboxylic acids is 1. The topological polar surface area (TPSA) is 78.9 Å². The molecule has 1 unspecified atom stereocenters. The average Bonchev–Trinajstić information content (AvgIpc) is 2.35. The molecule has 116 valence electrons. The van der Waals surface area contributed by atoms with Crippen molar-refractivity contribution in [1.29, 1.82) is 0 Å². The van der Waals surface area contributed by atoms with Gasteiger partial charge in [0.15, 0.2) is 0 Å². The lowest BCUT2D eigenvalue weighted by molar-refractivity contribution is -0.145. The second-order valence-electron chi connectivity index (χ2n) is 5.87. The van der Waals surface area contributed by atoms with E-state index in [4.69, 9.17) is 9.84 Å². The average molecular weight is 286 g/mol. The molecule has 1 heterocycles. The molecule has 1 rings (SSSR count). The highest BCUT2D eigenvalue weighted by molar-refractivity contribution is 5.74. The molecule has 2 N–H and O–H groups in total. The van der Waals surface area contributed by atoms with Crippen LogP contribution in [0.2, 0.25) is 0 Å². The number of piperidine rings is 1. The van der Waals surface area contributed by atoms with Gasteiger partial charge >= 0.3 is 12.0 Å². The molecule has 0 bridgehead atoms. The Morgan fingerprint density at radius 2 is 1.90 bits per heavy atom. The van der Waals surface area contributed by atoms with E-state index in [2.05, 4.69) is 19.2 Å². The number of carboxylic acid groups (broad SMARTS) is 1. The lowest BCUT2D eigenvalue weighted by Crippen LogP contribution is -2.48. The van der Waals surface area contributed by atoms with E-state index in [1.807, 2.05) is 6.92 Å². The monoisotopic (exact) mass is 286 g/mol. The van der Waals surface area contributed by atoms with Crippen molar-refractivity contribution in [2.24, 2.45) is 5.92 Å². The maximum atomic E-state index is 12.0. The summed E-state index contributed by atoms with van der Waals surface area (Å²) in [7, 11) is 0. The zero-order valence-corrected chi connectivity index (χ0v) is 12.6. The van der Waals surface area contributed by atoms with E-state index in [0.717, 1.165) is 6.42 Å². The van der Waals surface area contributed by atoms with Crippen LogP contribution in [-0.4, -0.2) is 53.8 Å². The summed E-state index contributed by atoms with van der Waals surface area (Å²) in [5, 5.41) is 11.6. The quantitative estimate of drug-likeness (QED) is 0.779. The second kappa shape index (κ2) is 8.09. The molecule has 0 aliphatic carbocycles. The molecule has 0 saturated carbocycles. The van der Waals surface area contributed by atoms with Gasteiger partial charge in [0.1, 0.15) is 6.61 Å². The van der Waals surface area contributed by atoms with Gasteiger partial charge in [-0.1, -0.05) is 13.8 Å². The molecule has 2 amide bonds. The first-order chi connectivity index (χ1) is 9.38. The van der Waals surface area contributed by atoms with E-state index in [1.165, 1.54) is 0 Å². The van der Waals surface area contributed by atoms with Crippen molar-refractivity contribution in [2.45, 2.75) is 52.2 Å². The molecule has 6 nitrogen and oxygen atoms in total. The number of amides is 2. The number of carbonyl (C=O) groups is 2. The largest absolute Gasteiger partial charge is 0.480 e. The number of likely N-dealkylation sites (tertiary alicyclic amines) is 1. The third-order valence-electron chi connectivity index (χ3n) is 3.37. The first-order valence-electron chi connectivity index (χ1n) is 7.27. The summed E-state index contributed by atoms with van der Waals surface area (Å²) >= 11 is 0. The van der Waals surface area contributed by atoms with E-state index in [9.17, 15) is 9.59 Å². The Morgan fingerprint density at radius 3 is 2.40 bits per heavy atom. The van der Waals surface area contributed by atoms with Gasteiger partial charge in [-0.15, -0.1) is 0 Å². The van der Waals surface area contributed by atoms with Gasteiger partial charge in [0.2, 0.25) is 0 Å². The van der Waals surface area contributed by atoms with Crippen LogP contribution in [-0.2, 0) is 9.53 Å². The number of nitrogens with zero attached hydrogens (tertiary/aromatic N) is 1. The van der Waals surface area contributed by atoms with Crippen LogP contribution in [0.5, 0.6) is 0 Å². The molecular weight excluding hydrogens is 260 g/mol. The van der Waals surface area contributed by atoms with Crippen LogP contribution in [0, 0.1) is 5.92 Å². The van der Waals surface area contributed by atoms with Crippen molar-refractivity contribution in [3.8, 4) is 0 Å². The van der Waals surface area contributed by atoms with Crippen molar-refractivity contribution in [3.05, 3.63) is 0 Å². The molecule has 1 atom stereocenters. The van der Waals surface area contributed by atoms with E-state index >= 15 is 0 Å². The third-order valence-corrected chi connectivity index (χ3v) is 3.37. The van der Waals surface area contributed by atoms with Crippen molar-refractivity contribution in [3.63, 3.8) is 0 Å². The Morgan fingerprint density at radius 1 is 1.30 bits per heavy atom. The van der Waals surface area contributed by atoms with E-state index in [-0.39, 0.29) is 24.8 Å². The SMILES string of the molecule is CC(C)CC(C)NC(=O)N1CCC(OCC(=O)O)CC1. The molecular formula is C14H26N2O4. The molecule has 0 radical (unpaired) electrons. The number of hydrogen-bond acceptors (Lipinski definition) is 3. The van der Waals surface area contributed by atoms with Crippen LogP contribution in [0.15, 0.2) is 0 Å². The molecule has 1 saturated heterocycles. The van der Waals surface area contributed by atoms with E-state index < -0.39 is 5.97 Å². The maximum absolute atomic E-state index is 12.0. The zero-order valence-electron chi connectivity index (χ0n) is 12.6. The Labute approximate surface area is 120 Å². The fourth-order valence-electron chi connectivity index (χ4n) is 2.48. The first kappa shape index (κ1) is 16.8. The Kier molecular flexibility index (Phi) is 6.78. The Balaban J connectivity index is 2.26. The van der Waals surface area contributed by atoms with Crippen molar-refractivity contribution < 1.29 is 19.4 Å². The van der Waals surface area contributed by atoms with Crippen LogP contribution < -0.4 is 5.32 Å². The second-order valence-corrected chi connectivity index (χ2v) is 5.87. The van der Waals surface area contributed by atoms with Gasteiger partial charge in [-0.25, -0.2) is 9.59 Å². The molecule has 1 aliphatic heterocycles. The van der Waals surface area contributed by atoms with Gasteiger partial charge < -0.3 is 20.1 Å². The van der Waals surface area contributed by atoms with Crippen molar-refractivity contribution >= 4 is 12.0 Å². The number of nitrogens with one attached hydrogen (secondary N) is 1. The van der Waals surface area contributed by atoms with Gasteiger partial charge in [-0.3, -0.25) is 0 Å². The number of urea groups is 1. The minimum atomic E-state index is -0.951. The Bertz CT molecular complexity index is 325. The molecule has 0 aromatic heterocycles. The molecule has 0 aromatic rings. The lowest BCUT2D eigenvalue weighted by atomic mass is 10.1. The van der Waals surface area contributed by atoms with Crippen LogP contribution in [0.4, 0.5) is 4.79 Å². The lowest BCUT2D eigenvalue weighted by Gasteiger charge is -2.32. The van der Waals surface area contributed by atoms with Crippen molar-refractivity contribution in [2.75, 3.05) is 19.7 Å². The fraction of sp³-hybridized carbons (Fsp3) is 0.857. The summed E-state index contributed by atoms with van der Waals surface area (Å²) in [5.41, 5.74) is 0. The summed E-state index contributed by atoms with van der Waals surface area (Å²) in [4.78, 5) is 24.2. The van der Waals surface area contributed by atoms with Crippen LogP contribution in [0.25, 0.3) is 0 Å². The predicted molar refractivity (Wildman–Crippen MR) is 75.6 cm³/mol. The Hall–Kier alpha value is -1.30. The third kappa shape index (κ3) is 6.23. The fourth-order valence-corrected chi connectivity index (χ4v) is 2.48. The van der Waals surface area contributed by atoms with Crippen molar-refractivity contribution in [1.82, 2.24) is 10.2 Å². The number of hydrogen-bond donors (Lipinski definition) is 2. The molecule has 0 aromatic carbocycles. The molecule has 6 heteroatoms. The molecule has 0 spiro atoms. The summed E-state index contributed by atoms with van der Waals surface area (Å²) in [6, 6.07) is 0.137. The minimum absolute atomic E-state index is 0.0326. The standard InChI is InChI=1S/C14H26N2O4/c1-10(2)8-11(3)15-14(19)16-6-4-12(5-7-16)20-9-13(17)18/h10-12H,4-9H2,1-3H3,(H,15,19)(H,17,18). The van der Waals surface area contributed by atoms with E-state index in [1.54, 1.807) is 4.90 Å². The van der Waals surface area contributed by atoms with Crippen LogP contribution >= 0.6 is 0 Å². The minimum Gasteiger partial charge on any atom is -0.480 e. The normalized spacial score (nSPS) is 18.1. The number of ether oxygens (including phenoxy) is 1. The number of aliphatic carboxylic acids is 1. The molecule has 20 heavy (non-hydrogen) atoms. The highest BCUT2D eigenvalue weighted by Gasteiger charge is 2.24. The highest BCUT2D eigenvalue weighted by atomic mass is 16.5. The van der Waals surface area contributed by atoms with Gasteiger partial charge in [0.25, 0.3) is 0 Å². The molecule has 1 fully saturated rings. The molecule has 1 aliphatic rings. The van der Waals surface area contributed by atoms with Gasteiger partial charge in [0, 0.05) is 19.1 Å². The van der Waals surface area contributed by atoms with Crippen LogP contribution in [0.3, 0.4) is 0 Å². The number of rotatable bonds is 6. The zero-order chi connectivity index (χ0) is 15.1. The predicted octanol–water partition coefficient (Wildman–Crippen LogP) is 1.70. The first-order valence-corrected chi connectivity index (χ1v) is 7.27. The summed E-state index contributed by atoms with van der Waals surface area (Å²) in [6.07, 6.45) is 2.30. The van der Waals surface area contributed by atoms with Crippen LogP contribution in [0.1, 0.15) is 40.0 Å². The van der Waals surface area contributed by atoms with E-state index in [0.29, 0.717) is 31.8 Å².